The fraction of sp³-hybridized carbons (Fsp3) is 0.667. The van der Waals surface area contributed by atoms with Crippen molar-refractivity contribution in [3.05, 3.63) is 0 Å². The van der Waals surface area contributed by atoms with Crippen LogP contribution in [0, 0.1) is 0 Å². The number of urea groups is 24. The summed E-state index contributed by atoms with van der Waals surface area (Å²) in [6, 6.07) is -20.0. The zero-order valence-electron chi connectivity index (χ0n) is 74.1. The van der Waals surface area contributed by atoms with Gasteiger partial charge in [0, 0.05) is 0 Å². The van der Waals surface area contributed by atoms with Gasteiger partial charge in [0.2, 0.25) is 0 Å². The molecule has 36 rings (SSSR count). The zero-order valence-corrected chi connectivity index (χ0v) is 74.1. The van der Waals surface area contributed by atoms with E-state index in [1.807, 2.05) is 0 Å². The Morgan fingerprint density at radius 2 is 0.0972 bits per heavy atom. The third kappa shape index (κ3) is 7.28. The molecule has 0 aromatic carbocycles. The van der Waals surface area contributed by atoms with Crippen LogP contribution in [0.1, 0.15) is 0 Å². The number of rotatable bonds is 0. The molecule has 0 saturated carbocycles. The van der Waals surface area contributed by atoms with E-state index in [1.165, 1.54) is 235 Å². The molecule has 0 aliphatic carbocycles. The molecule has 0 bridgehead atoms. The van der Waals surface area contributed by atoms with E-state index >= 15 is 115 Å². The van der Waals surface area contributed by atoms with E-state index in [1.54, 1.807) is 0 Å². The molecule has 0 radical (unpaired) electrons. The van der Waals surface area contributed by atoms with Gasteiger partial charge in [-0.05, 0) is 0 Å². The fourth-order valence-electron chi connectivity index (χ4n) is 32.0. The first-order chi connectivity index (χ1) is 69.5. The van der Waals surface area contributed by atoms with Crippen molar-refractivity contribution >= 4 is 145 Å². The Kier molecular flexibility index (Phi) is 11.7. The maximum absolute atomic E-state index is 15.9. The van der Waals surface area contributed by atoms with E-state index < -0.39 is 453 Å². The Hall–Kier alpha value is -17.5. The monoisotopic (exact) mass is 1990 g/mol. The quantitative estimate of drug-likeness (QED) is 0.217. The number of nitrogens with zero attached hydrogens (tertiary/aromatic N) is 48. The minimum absolute atomic E-state index is 0.662. The molecule has 36 aliphatic rings. The molecule has 72 nitrogen and oxygen atoms in total. The number of amides is 48. The van der Waals surface area contributed by atoms with Gasteiger partial charge in [-0.1, -0.05) is 0 Å². The zero-order chi connectivity index (χ0) is 96.4. The second kappa shape index (κ2) is 22.4. The van der Waals surface area contributed by atoms with Crippen LogP contribution in [0.15, 0.2) is 0 Å². The molecule has 0 aromatic rings. The summed E-state index contributed by atoms with van der Waals surface area (Å²) in [5.41, 5.74) is 0. The van der Waals surface area contributed by atoms with Gasteiger partial charge in [-0.2, -0.15) is 0 Å². The first kappa shape index (κ1) is 75.4. The molecule has 0 N–H and O–H groups in total. The molecule has 0 aromatic heterocycles. The summed E-state index contributed by atoms with van der Waals surface area (Å²) in [4.78, 5) is 442. The Morgan fingerprint density at radius 1 is 0.0694 bits per heavy atom. The number of hydrogen-bond donors (Lipinski definition) is 0. The van der Waals surface area contributed by atoms with Gasteiger partial charge in [-0.15, -0.1) is 0 Å². The largest absolute Gasteiger partial charge is 0.326 e. The molecule has 48 amide bonds. The van der Waals surface area contributed by atoms with Gasteiger partial charge in [0.05, 0.1) is 0 Å². The predicted molar refractivity (Wildman–Crippen MR) is 425 cm³/mol. The second-order valence-electron chi connectivity index (χ2n) is 42.7. The van der Waals surface area contributed by atoms with Gasteiger partial charge in [-0.25, -0.2) is 115 Å². The van der Waals surface area contributed by atoms with Crippen molar-refractivity contribution in [1.82, 2.24) is 235 Å². The third-order valence-electron chi connectivity index (χ3n) is 37.6. The minimum Gasteiger partial charge on any atom is -0.282 e. The highest BCUT2D eigenvalue weighted by Gasteiger charge is 2.82. The molecule has 72 heteroatoms. The highest BCUT2D eigenvalue weighted by Crippen LogP contribution is 2.58. The van der Waals surface area contributed by atoms with Gasteiger partial charge in [-0.3, -0.25) is 235 Å². The van der Waals surface area contributed by atoms with Crippen molar-refractivity contribution in [3.8, 4) is 0 Å². The Bertz CT molecular complexity index is 4660. The van der Waals surface area contributed by atoms with Crippen molar-refractivity contribution in [1.29, 1.82) is 0 Å². The Labute approximate surface area is 800 Å². The van der Waals surface area contributed by atoms with E-state index in [-0.39, 0.29) is 0 Å². The number of carbonyl (C=O) groups excluding carboxylic acids is 24. The van der Waals surface area contributed by atoms with Crippen LogP contribution in [-0.4, -0.2) is 688 Å². The van der Waals surface area contributed by atoms with E-state index in [0.29, 0.717) is 0 Å². The summed E-state index contributed by atoms with van der Waals surface area (Å²) >= 11 is 0. The Balaban J connectivity index is 0.466. The minimum atomic E-state index is -1.40. The Morgan fingerprint density at radius 3 is 0.125 bits per heavy atom. The molecule has 144 heavy (non-hydrogen) atoms. The standard InChI is InChI=1S/C72H72N48O24/c121-49-73-1-74-26-28-78(50(74)122)4-82-30-32-86(54(82)126)8-90-34-36-94(58(90)130)12-98-38-40-102(62(98)134)16-106-42-44-110(66(106)138)20-114-46-48-118(70(114)142)23-117-47-45-113(69(117)141)19-109-43-41-105(65(109)137)15-101-39-37-97(61(101)133)11-93-35-33-89(57(93)129)7-85-31-29-81(53(85)125)3-77(49)27-25(73)75-2-76(26)52(124)80(28)6-84(30)56(128)88(32)10-92(34)60(132)96(36)14-100(38)64(136)104(40)18-108(42)68(140)112(44)22-116(46)72(144)120(48)24-119(47)71(143)115(45)21-111(43)67(139)107(41)17-103(39)63(135)99(37)13-95(35)59(131)91(33)9-87(31)55(127)83(29)5-79(27)51(75)123/h25-48H,1-24H2. The first-order valence-corrected chi connectivity index (χ1v) is 47.2. The van der Waals surface area contributed by atoms with Gasteiger partial charge in [0.15, 0.2) is 148 Å². The van der Waals surface area contributed by atoms with E-state index in [4.69, 9.17) is 0 Å². The molecule has 0 atom stereocenters. The smallest absolute Gasteiger partial charge is 0.282 e. The molecule has 36 aliphatic heterocycles. The van der Waals surface area contributed by atoms with Crippen LogP contribution in [0.4, 0.5) is 115 Å². The average Bonchev–Trinajstić information content (AvgIpc) is 1.51. The summed E-state index contributed by atoms with van der Waals surface area (Å²) in [7, 11) is 0. The first-order valence-electron chi connectivity index (χ1n) is 47.2. The molecule has 0 unspecified atom stereocenters. The van der Waals surface area contributed by atoms with Crippen molar-refractivity contribution < 1.29 is 115 Å². The average molecular weight is 1990 g/mol. The van der Waals surface area contributed by atoms with Crippen molar-refractivity contribution in [2.75, 3.05) is 160 Å². The van der Waals surface area contributed by atoms with Crippen molar-refractivity contribution in [2.24, 2.45) is 0 Å². The topological polar surface area (TPSA) is 565 Å². The lowest BCUT2D eigenvalue weighted by Crippen LogP contribution is -2.63. The number of carbonyl (C=O) groups is 24. The van der Waals surface area contributed by atoms with Crippen molar-refractivity contribution in [3.63, 3.8) is 0 Å². The normalized spacial score (nSPS) is 40.3. The summed E-state index contributed by atoms with van der Waals surface area (Å²) in [6.07, 6.45) is -33.7. The van der Waals surface area contributed by atoms with Crippen molar-refractivity contribution in [2.45, 2.75) is 148 Å². The summed E-state index contributed by atoms with van der Waals surface area (Å²) in [6.45, 7) is -15.9. The van der Waals surface area contributed by atoms with Crippen LogP contribution < -0.4 is 0 Å². The molecular formula is C72H72N48O24. The molecule has 36 heterocycles. The van der Waals surface area contributed by atoms with Crippen LogP contribution in [0.2, 0.25) is 0 Å². The molecule has 36 saturated heterocycles. The maximum atomic E-state index is 15.9. The summed E-state index contributed by atoms with van der Waals surface area (Å²) in [5, 5.41) is 0. The maximum Gasteiger partial charge on any atom is 0.326 e. The van der Waals surface area contributed by atoms with Crippen LogP contribution in [0.25, 0.3) is 0 Å². The van der Waals surface area contributed by atoms with Crippen LogP contribution in [0.3, 0.4) is 0 Å². The second-order valence-corrected chi connectivity index (χ2v) is 42.7. The summed E-state index contributed by atoms with van der Waals surface area (Å²) < 4.78 is 0. The van der Waals surface area contributed by atoms with Gasteiger partial charge in [0.1, 0.15) is 160 Å². The van der Waals surface area contributed by atoms with Gasteiger partial charge >= 0.3 is 145 Å². The molecule has 36 fully saturated rings. The van der Waals surface area contributed by atoms with E-state index in [0.717, 1.165) is 0 Å². The fourth-order valence-corrected chi connectivity index (χ4v) is 32.0. The highest BCUT2D eigenvalue weighted by atomic mass is 16.3. The van der Waals surface area contributed by atoms with Gasteiger partial charge < -0.3 is 0 Å². The lowest BCUT2D eigenvalue weighted by atomic mass is 10.2. The van der Waals surface area contributed by atoms with Crippen LogP contribution in [-0.2, 0) is 0 Å². The SMILES string of the molecule is O=C1N2CN3C(=O)N4CN5C(=O)N6CN7C(=O)N8CN9C(=O)N%10CN%11C(=O)N%12CN%13C(=O)N%14CN%15C(=O)N%16CN%17C(=O)N%18CN%19C(=O)N%20CN%21C(=O)N%22CN%23C(=O)N%24CN1C1C2N2CN%25C(=O)N(CN%26C(=O)N(CN%27C(=O)N(CN%28C(=O)N(CN%29C(=O)N(CN%30C(=O)N(CN%31C(=O)N(CN%32C(=O)N(CN%33C(=O)N(CN%34C(=O)N(CN%35C(=O)N(CN1C2=O)C%24C%23%35)C%22C%21%34)C%20C%19%33)C%18C%17%32)C%16C%15%31)C%14C%13%30)C%12C%11%29)C%10C9%28)C8C7%27)C6C5%26)C4C3%25. The van der Waals surface area contributed by atoms with Crippen LogP contribution in [0.5, 0.6) is 0 Å². The lowest BCUT2D eigenvalue weighted by molar-refractivity contribution is -0.0210. The lowest BCUT2D eigenvalue weighted by Gasteiger charge is -2.42. The molecule has 0 spiro atoms. The van der Waals surface area contributed by atoms with E-state index in [9.17, 15) is 0 Å². The predicted octanol–water partition coefficient (Wildman–Crippen LogP) is -11.3. The van der Waals surface area contributed by atoms with Gasteiger partial charge in [0.25, 0.3) is 0 Å². The van der Waals surface area contributed by atoms with E-state index in [2.05, 4.69) is 0 Å². The third-order valence-corrected chi connectivity index (χ3v) is 37.6. The molecular weight excluding hydrogens is 1920 g/mol. The molecule has 744 valence electrons. The number of hydrogen-bond acceptors (Lipinski definition) is 24. The summed E-state index contributed by atoms with van der Waals surface area (Å²) in [5.74, 6) is 0. The highest BCUT2D eigenvalue weighted by molar-refractivity contribution is 6.00. The van der Waals surface area contributed by atoms with Crippen LogP contribution >= 0.6 is 0 Å².